The standard InChI is InChI=1S/C25H25N3O2S3/c1-2-3-15-28-23(30)21-22(26-24(28)32-17-20(29)19-12-8-5-9-13-19)27(25(31)33-21)16-14-18-10-6-4-7-11-18/h4-13H,2-3,14-17H2,1H3. The monoisotopic (exact) mass is 495 g/mol. The molecule has 4 aromatic rings. The van der Waals surface area contributed by atoms with Crippen molar-refractivity contribution < 1.29 is 4.79 Å². The molecule has 0 bridgehead atoms. The zero-order valence-corrected chi connectivity index (χ0v) is 20.8. The van der Waals surface area contributed by atoms with Crippen LogP contribution < -0.4 is 5.56 Å². The number of carbonyl (C=O) groups is 1. The molecule has 0 radical (unpaired) electrons. The fourth-order valence-corrected chi connectivity index (χ4v) is 5.79. The Morgan fingerprint density at radius 1 is 1.03 bits per heavy atom. The lowest BCUT2D eigenvalue weighted by Crippen LogP contribution is -2.24. The average Bonchev–Trinajstić information content (AvgIpc) is 3.17. The van der Waals surface area contributed by atoms with Gasteiger partial charge in [0.05, 0.1) is 5.75 Å². The van der Waals surface area contributed by atoms with Gasteiger partial charge in [-0.1, -0.05) is 97.1 Å². The van der Waals surface area contributed by atoms with E-state index in [1.807, 2.05) is 53.1 Å². The SMILES string of the molecule is CCCCn1c(SCC(=O)c2ccccc2)nc2c(sc(=S)n2CCc2ccccc2)c1=O. The van der Waals surface area contributed by atoms with Crippen molar-refractivity contribution in [3.63, 3.8) is 0 Å². The number of unbranched alkanes of at least 4 members (excludes halogenated alkanes) is 1. The summed E-state index contributed by atoms with van der Waals surface area (Å²) in [7, 11) is 0. The highest BCUT2D eigenvalue weighted by Crippen LogP contribution is 2.24. The van der Waals surface area contributed by atoms with Gasteiger partial charge in [0, 0.05) is 18.7 Å². The van der Waals surface area contributed by atoms with E-state index in [2.05, 4.69) is 19.1 Å². The number of hydrogen-bond acceptors (Lipinski definition) is 6. The lowest BCUT2D eigenvalue weighted by Gasteiger charge is -2.12. The second-order valence-corrected chi connectivity index (χ2v) is 10.3. The van der Waals surface area contributed by atoms with Gasteiger partial charge in [-0.15, -0.1) is 0 Å². The fraction of sp³-hybridized carbons (Fsp3) is 0.280. The predicted octanol–water partition coefficient (Wildman–Crippen LogP) is 6.01. The molecule has 8 heteroatoms. The van der Waals surface area contributed by atoms with E-state index < -0.39 is 0 Å². The molecule has 0 N–H and O–H groups in total. The Kier molecular flexibility index (Phi) is 7.90. The molecular formula is C25H25N3O2S3. The molecule has 33 heavy (non-hydrogen) atoms. The van der Waals surface area contributed by atoms with Crippen LogP contribution in [0.1, 0.15) is 35.7 Å². The summed E-state index contributed by atoms with van der Waals surface area (Å²) in [6.07, 6.45) is 2.63. The highest BCUT2D eigenvalue weighted by Gasteiger charge is 2.18. The van der Waals surface area contributed by atoms with Crippen molar-refractivity contribution in [3.8, 4) is 0 Å². The van der Waals surface area contributed by atoms with Gasteiger partial charge in [0.25, 0.3) is 5.56 Å². The number of thiazole rings is 1. The maximum Gasteiger partial charge on any atom is 0.273 e. The summed E-state index contributed by atoms with van der Waals surface area (Å²) in [5, 5.41) is 0.575. The van der Waals surface area contributed by atoms with Crippen LogP contribution in [-0.4, -0.2) is 25.7 Å². The maximum atomic E-state index is 13.4. The smallest absolute Gasteiger partial charge is 0.273 e. The van der Waals surface area contributed by atoms with E-state index in [0.717, 1.165) is 19.3 Å². The minimum atomic E-state index is -0.0716. The van der Waals surface area contributed by atoms with Crippen LogP contribution in [0, 0.1) is 3.95 Å². The van der Waals surface area contributed by atoms with E-state index in [1.54, 1.807) is 4.57 Å². The Morgan fingerprint density at radius 3 is 2.42 bits per heavy atom. The van der Waals surface area contributed by atoms with Gasteiger partial charge in [-0.05, 0) is 30.6 Å². The van der Waals surface area contributed by atoms with Crippen LogP contribution in [0.3, 0.4) is 0 Å². The second kappa shape index (κ2) is 11.0. The number of carbonyl (C=O) groups excluding carboxylic acids is 1. The van der Waals surface area contributed by atoms with Crippen LogP contribution in [0.5, 0.6) is 0 Å². The number of benzene rings is 2. The van der Waals surface area contributed by atoms with Crippen LogP contribution in [-0.2, 0) is 19.5 Å². The van der Waals surface area contributed by atoms with Gasteiger partial charge in [0.2, 0.25) is 0 Å². The summed E-state index contributed by atoms with van der Waals surface area (Å²) in [5.41, 5.74) is 2.42. The van der Waals surface area contributed by atoms with Crippen molar-refractivity contribution in [1.82, 2.24) is 14.1 Å². The molecular weight excluding hydrogens is 470 g/mol. The predicted molar refractivity (Wildman–Crippen MR) is 139 cm³/mol. The number of thioether (sulfide) groups is 1. The molecule has 0 saturated carbocycles. The second-order valence-electron chi connectivity index (χ2n) is 7.69. The largest absolute Gasteiger partial charge is 0.307 e. The lowest BCUT2D eigenvalue weighted by molar-refractivity contribution is 0.102. The molecule has 2 aromatic carbocycles. The van der Waals surface area contributed by atoms with Gasteiger partial charge in [-0.25, -0.2) is 4.98 Å². The van der Waals surface area contributed by atoms with Crippen molar-refractivity contribution in [2.45, 2.75) is 44.4 Å². The molecule has 0 aliphatic heterocycles. The Bertz CT molecular complexity index is 1360. The van der Waals surface area contributed by atoms with Crippen molar-refractivity contribution in [2.75, 3.05) is 5.75 Å². The number of fused-ring (bicyclic) bond motifs is 1. The van der Waals surface area contributed by atoms with Gasteiger partial charge in [-0.2, -0.15) is 0 Å². The summed E-state index contributed by atoms with van der Waals surface area (Å²) < 4.78 is 4.90. The Labute approximate surface area is 206 Å². The zero-order chi connectivity index (χ0) is 23.2. The number of ketones is 1. The molecule has 0 aliphatic carbocycles. The molecule has 0 saturated heterocycles. The van der Waals surface area contributed by atoms with Crippen molar-refractivity contribution in [3.05, 3.63) is 86.1 Å². The molecule has 0 fully saturated rings. The van der Waals surface area contributed by atoms with E-state index in [4.69, 9.17) is 17.2 Å². The van der Waals surface area contributed by atoms with E-state index in [9.17, 15) is 9.59 Å². The minimum absolute atomic E-state index is 0.0169. The minimum Gasteiger partial charge on any atom is -0.307 e. The fourth-order valence-electron chi connectivity index (χ4n) is 3.55. The van der Waals surface area contributed by atoms with Crippen LogP contribution in [0.25, 0.3) is 10.3 Å². The Morgan fingerprint density at radius 2 is 1.73 bits per heavy atom. The van der Waals surface area contributed by atoms with Crippen LogP contribution in [0.2, 0.25) is 0 Å². The maximum absolute atomic E-state index is 13.4. The molecule has 0 spiro atoms. The lowest BCUT2D eigenvalue weighted by atomic mass is 10.1. The van der Waals surface area contributed by atoms with Crippen LogP contribution >= 0.6 is 35.3 Å². The number of aryl methyl sites for hydroxylation is 2. The molecule has 0 atom stereocenters. The Balaban J connectivity index is 1.68. The van der Waals surface area contributed by atoms with Crippen molar-refractivity contribution >= 4 is 51.4 Å². The molecule has 0 aliphatic rings. The molecule has 2 aromatic heterocycles. The van der Waals surface area contributed by atoms with E-state index in [1.165, 1.54) is 28.7 Å². The van der Waals surface area contributed by atoms with Gasteiger partial charge in [0.15, 0.2) is 20.5 Å². The number of rotatable bonds is 10. The van der Waals surface area contributed by atoms with Crippen LogP contribution in [0.4, 0.5) is 0 Å². The van der Waals surface area contributed by atoms with Crippen LogP contribution in [0.15, 0.2) is 70.6 Å². The topological polar surface area (TPSA) is 56.9 Å². The first-order valence-corrected chi connectivity index (χ1v) is 13.2. The highest BCUT2D eigenvalue weighted by molar-refractivity contribution is 7.99. The molecule has 0 amide bonds. The third kappa shape index (κ3) is 5.51. The first kappa shape index (κ1) is 23.6. The van der Waals surface area contributed by atoms with E-state index >= 15 is 0 Å². The summed E-state index contributed by atoms with van der Waals surface area (Å²) in [5.74, 6) is 0.242. The van der Waals surface area contributed by atoms with Gasteiger partial charge in [-0.3, -0.25) is 14.2 Å². The molecule has 5 nitrogen and oxygen atoms in total. The van der Waals surface area contributed by atoms with Crippen molar-refractivity contribution in [2.24, 2.45) is 0 Å². The number of aromatic nitrogens is 3. The first-order chi connectivity index (χ1) is 16.1. The quantitative estimate of drug-likeness (QED) is 0.117. The van der Waals surface area contributed by atoms with E-state index in [0.29, 0.717) is 38.1 Å². The van der Waals surface area contributed by atoms with E-state index in [-0.39, 0.29) is 17.1 Å². The normalized spacial score (nSPS) is 11.2. The first-order valence-electron chi connectivity index (χ1n) is 11.0. The van der Waals surface area contributed by atoms with Gasteiger partial charge < -0.3 is 4.57 Å². The summed E-state index contributed by atoms with van der Waals surface area (Å²) in [6.45, 7) is 3.32. The average molecular weight is 496 g/mol. The molecule has 170 valence electrons. The molecule has 4 rings (SSSR count). The summed E-state index contributed by atoms with van der Waals surface area (Å²) in [4.78, 5) is 30.9. The number of hydrogen-bond donors (Lipinski definition) is 0. The van der Waals surface area contributed by atoms with Gasteiger partial charge in [0.1, 0.15) is 4.70 Å². The van der Waals surface area contributed by atoms with Crippen molar-refractivity contribution in [1.29, 1.82) is 0 Å². The zero-order valence-electron chi connectivity index (χ0n) is 18.4. The summed E-state index contributed by atoms with van der Waals surface area (Å²) in [6, 6.07) is 19.4. The third-order valence-corrected chi connectivity index (χ3v) is 7.77. The highest BCUT2D eigenvalue weighted by atomic mass is 32.2. The number of Topliss-reactive ketones (excluding diaryl/α,β-unsaturated/α-hetero) is 1. The molecule has 2 heterocycles. The molecule has 0 unspecified atom stereocenters. The van der Waals surface area contributed by atoms with Gasteiger partial charge >= 0.3 is 0 Å². The Hall–Kier alpha value is -2.55. The third-order valence-electron chi connectivity index (χ3n) is 5.37. The number of nitrogens with zero attached hydrogens (tertiary/aromatic N) is 3. The summed E-state index contributed by atoms with van der Waals surface area (Å²) >= 11 is 8.25.